The first-order valence-corrected chi connectivity index (χ1v) is 6.06. The molecular weight excluding hydrogens is 251 g/mol. The first-order valence-electron chi connectivity index (χ1n) is 6.06. The lowest BCUT2D eigenvalue weighted by molar-refractivity contribution is -0.146. The van der Waals surface area contributed by atoms with Gasteiger partial charge < -0.3 is 14.2 Å². The highest BCUT2D eigenvalue weighted by molar-refractivity contribution is 5.70. The van der Waals surface area contributed by atoms with E-state index in [4.69, 9.17) is 14.2 Å². The fourth-order valence-electron chi connectivity index (χ4n) is 1.62. The summed E-state index contributed by atoms with van der Waals surface area (Å²) in [6.45, 7) is 5.61. The van der Waals surface area contributed by atoms with Crippen LogP contribution in [0.4, 0.5) is 4.39 Å². The van der Waals surface area contributed by atoms with Crippen LogP contribution in [-0.4, -0.2) is 25.3 Å². The van der Waals surface area contributed by atoms with Gasteiger partial charge in [-0.3, -0.25) is 4.79 Å². The van der Waals surface area contributed by atoms with Crippen molar-refractivity contribution in [2.24, 2.45) is 0 Å². The number of rotatable bonds is 6. The Kier molecular flexibility index (Phi) is 5.15. The largest absolute Gasteiger partial charge is 0.494 e. The number of hydrogen-bond acceptors (Lipinski definition) is 4. The normalized spacial score (nSPS) is 11.0. The van der Waals surface area contributed by atoms with Gasteiger partial charge in [-0.25, -0.2) is 4.39 Å². The molecular formula is C14H19FO4. The summed E-state index contributed by atoms with van der Waals surface area (Å²) in [5, 5.41) is 0. The number of halogens is 1. The van der Waals surface area contributed by atoms with E-state index in [2.05, 4.69) is 0 Å². The molecule has 5 heteroatoms. The lowest BCUT2D eigenvalue weighted by atomic mass is 10.1. The molecule has 0 unspecified atom stereocenters. The van der Waals surface area contributed by atoms with E-state index in [1.807, 2.05) is 0 Å². The van der Waals surface area contributed by atoms with Gasteiger partial charge in [0.25, 0.3) is 0 Å². The van der Waals surface area contributed by atoms with Crippen molar-refractivity contribution in [3.63, 3.8) is 0 Å². The van der Waals surface area contributed by atoms with E-state index in [0.29, 0.717) is 12.4 Å². The second-order valence-corrected chi connectivity index (χ2v) is 4.64. The second-order valence-electron chi connectivity index (χ2n) is 4.64. The van der Waals surface area contributed by atoms with Crippen LogP contribution in [0.15, 0.2) is 18.2 Å². The standard InChI is InChI=1S/C14H19FO4/c1-5-18-13(16)9-14(2,3)19-10-6-7-11(15)12(8-10)17-4/h6-8H,5,9H2,1-4H3. The molecule has 19 heavy (non-hydrogen) atoms. The Morgan fingerprint density at radius 2 is 2.05 bits per heavy atom. The molecule has 0 fully saturated rings. The van der Waals surface area contributed by atoms with Crippen LogP contribution >= 0.6 is 0 Å². The van der Waals surface area contributed by atoms with Crippen LogP contribution in [0.5, 0.6) is 11.5 Å². The van der Waals surface area contributed by atoms with E-state index in [0.717, 1.165) is 0 Å². The van der Waals surface area contributed by atoms with Crippen molar-refractivity contribution < 1.29 is 23.4 Å². The molecule has 0 atom stereocenters. The molecule has 1 rings (SSSR count). The number of methoxy groups -OCH3 is 1. The molecule has 106 valence electrons. The van der Waals surface area contributed by atoms with E-state index in [1.54, 1.807) is 20.8 Å². The number of ether oxygens (including phenoxy) is 3. The monoisotopic (exact) mass is 270 g/mol. The maximum Gasteiger partial charge on any atom is 0.309 e. The first kappa shape index (κ1) is 15.3. The predicted molar refractivity (Wildman–Crippen MR) is 68.9 cm³/mol. The van der Waals surface area contributed by atoms with Crippen LogP contribution in [0.2, 0.25) is 0 Å². The van der Waals surface area contributed by atoms with Gasteiger partial charge in [-0.05, 0) is 32.9 Å². The van der Waals surface area contributed by atoms with Crippen LogP contribution in [-0.2, 0) is 9.53 Å². The first-order chi connectivity index (χ1) is 8.88. The van der Waals surface area contributed by atoms with E-state index < -0.39 is 11.4 Å². The highest BCUT2D eigenvalue weighted by Crippen LogP contribution is 2.27. The molecule has 0 amide bonds. The zero-order valence-electron chi connectivity index (χ0n) is 11.7. The van der Waals surface area contributed by atoms with Gasteiger partial charge in [0.05, 0.1) is 20.1 Å². The van der Waals surface area contributed by atoms with Crippen molar-refractivity contribution >= 4 is 5.97 Å². The molecule has 0 aliphatic heterocycles. The third-order valence-corrected chi connectivity index (χ3v) is 2.39. The molecule has 1 aromatic carbocycles. The summed E-state index contributed by atoms with van der Waals surface area (Å²) in [6, 6.07) is 4.20. The summed E-state index contributed by atoms with van der Waals surface area (Å²) in [5.74, 6) is -0.253. The fourth-order valence-corrected chi connectivity index (χ4v) is 1.62. The van der Waals surface area contributed by atoms with Gasteiger partial charge in [-0.1, -0.05) is 0 Å². The summed E-state index contributed by atoms with van der Waals surface area (Å²) in [6.07, 6.45) is 0.112. The molecule has 0 aliphatic carbocycles. The minimum Gasteiger partial charge on any atom is -0.494 e. The van der Waals surface area contributed by atoms with Crippen molar-refractivity contribution in [1.29, 1.82) is 0 Å². The molecule has 0 saturated carbocycles. The summed E-state index contributed by atoms with van der Waals surface area (Å²) in [4.78, 5) is 11.4. The third-order valence-electron chi connectivity index (χ3n) is 2.39. The SMILES string of the molecule is CCOC(=O)CC(C)(C)Oc1ccc(F)c(OC)c1. The number of benzene rings is 1. The molecule has 0 N–H and O–H groups in total. The molecule has 0 aliphatic rings. The number of hydrogen-bond donors (Lipinski definition) is 0. The number of carbonyl (C=O) groups excluding carboxylic acids is 1. The van der Waals surface area contributed by atoms with Crippen LogP contribution in [0.1, 0.15) is 27.2 Å². The maximum atomic E-state index is 13.3. The minimum atomic E-state index is -0.741. The summed E-state index contributed by atoms with van der Waals surface area (Å²) in [5.41, 5.74) is -0.741. The zero-order chi connectivity index (χ0) is 14.5. The van der Waals surface area contributed by atoms with Gasteiger partial charge in [0.15, 0.2) is 11.6 Å². The van der Waals surface area contributed by atoms with Crippen molar-refractivity contribution in [2.45, 2.75) is 32.8 Å². The summed E-state index contributed by atoms with van der Waals surface area (Å²) < 4.78 is 28.7. The van der Waals surface area contributed by atoms with Crippen LogP contribution in [0, 0.1) is 5.82 Å². The smallest absolute Gasteiger partial charge is 0.309 e. The zero-order valence-corrected chi connectivity index (χ0v) is 11.7. The van der Waals surface area contributed by atoms with Crippen LogP contribution in [0.25, 0.3) is 0 Å². The van der Waals surface area contributed by atoms with Crippen molar-refractivity contribution in [3.05, 3.63) is 24.0 Å². The van der Waals surface area contributed by atoms with Gasteiger partial charge in [-0.15, -0.1) is 0 Å². The molecule has 0 spiro atoms. The second kappa shape index (κ2) is 6.41. The Morgan fingerprint density at radius 1 is 1.37 bits per heavy atom. The third kappa shape index (κ3) is 4.77. The Bertz CT molecular complexity index is 443. The van der Waals surface area contributed by atoms with E-state index >= 15 is 0 Å². The fraction of sp³-hybridized carbons (Fsp3) is 0.500. The number of carbonyl (C=O) groups is 1. The Hall–Kier alpha value is -1.78. The number of esters is 1. The van der Waals surface area contributed by atoms with Crippen LogP contribution in [0.3, 0.4) is 0 Å². The molecule has 0 radical (unpaired) electrons. The van der Waals surface area contributed by atoms with Gasteiger partial charge in [-0.2, -0.15) is 0 Å². The molecule has 1 aromatic rings. The minimum absolute atomic E-state index is 0.101. The Balaban J connectivity index is 2.74. The molecule has 4 nitrogen and oxygen atoms in total. The molecule has 0 bridgehead atoms. The summed E-state index contributed by atoms with van der Waals surface area (Å²) >= 11 is 0. The van der Waals surface area contributed by atoms with E-state index in [9.17, 15) is 9.18 Å². The van der Waals surface area contributed by atoms with Gasteiger partial charge in [0, 0.05) is 6.07 Å². The lowest BCUT2D eigenvalue weighted by Gasteiger charge is -2.25. The lowest BCUT2D eigenvalue weighted by Crippen LogP contribution is -2.32. The predicted octanol–water partition coefficient (Wildman–Crippen LogP) is 2.94. The molecule has 0 aromatic heterocycles. The average molecular weight is 270 g/mol. The maximum absolute atomic E-state index is 13.3. The van der Waals surface area contributed by atoms with Crippen molar-refractivity contribution in [1.82, 2.24) is 0 Å². The average Bonchev–Trinajstić information content (AvgIpc) is 2.30. The van der Waals surface area contributed by atoms with Crippen LogP contribution < -0.4 is 9.47 Å². The van der Waals surface area contributed by atoms with Crippen molar-refractivity contribution in [2.75, 3.05) is 13.7 Å². The topological polar surface area (TPSA) is 44.8 Å². The highest BCUT2D eigenvalue weighted by Gasteiger charge is 2.25. The quantitative estimate of drug-likeness (QED) is 0.745. The highest BCUT2D eigenvalue weighted by atomic mass is 19.1. The Morgan fingerprint density at radius 3 is 2.63 bits per heavy atom. The summed E-state index contributed by atoms with van der Waals surface area (Å²) in [7, 11) is 1.38. The molecule has 0 heterocycles. The van der Waals surface area contributed by atoms with Gasteiger partial charge in [0.2, 0.25) is 0 Å². The van der Waals surface area contributed by atoms with Crippen molar-refractivity contribution in [3.8, 4) is 11.5 Å². The van der Waals surface area contributed by atoms with Gasteiger partial charge in [0.1, 0.15) is 11.4 Å². The van der Waals surface area contributed by atoms with Gasteiger partial charge >= 0.3 is 5.97 Å². The van der Waals surface area contributed by atoms with E-state index in [1.165, 1.54) is 25.3 Å². The molecule has 0 saturated heterocycles. The van der Waals surface area contributed by atoms with E-state index in [-0.39, 0.29) is 18.1 Å². The Labute approximate surface area is 112 Å².